The summed E-state index contributed by atoms with van der Waals surface area (Å²) in [5.74, 6) is -0.294. The first-order chi connectivity index (χ1) is 7.87. The van der Waals surface area contributed by atoms with E-state index in [9.17, 15) is 4.79 Å². The van der Waals surface area contributed by atoms with Crippen molar-refractivity contribution < 1.29 is 9.53 Å². The van der Waals surface area contributed by atoms with E-state index in [1.54, 1.807) is 0 Å². The van der Waals surface area contributed by atoms with Crippen LogP contribution in [-0.2, 0) is 9.53 Å². The molecule has 0 aromatic rings. The Morgan fingerprint density at radius 3 is 2.47 bits per heavy atom. The summed E-state index contributed by atoms with van der Waals surface area (Å²) in [5.41, 5.74) is 5.60. The molecule has 0 aliphatic rings. The molecule has 0 bridgehead atoms. The van der Waals surface area contributed by atoms with E-state index >= 15 is 0 Å². The van der Waals surface area contributed by atoms with Crippen LogP contribution in [0.2, 0.25) is 0 Å². The number of hydrogen-bond acceptors (Lipinski definition) is 3. The van der Waals surface area contributed by atoms with Crippen LogP contribution in [0.15, 0.2) is 0 Å². The molecule has 102 valence electrons. The molecule has 1 amide bonds. The fraction of sp³-hybridized carbons (Fsp3) is 0.923. The van der Waals surface area contributed by atoms with E-state index in [-0.39, 0.29) is 11.9 Å². The molecule has 17 heavy (non-hydrogen) atoms. The summed E-state index contributed by atoms with van der Waals surface area (Å²) in [4.78, 5) is 11.1. The molecule has 3 N–H and O–H groups in total. The van der Waals surface area contributed by atoms with Gasteiger partial charge in [0, 0.05) is 13.2 Å². The second kappa shape index (κ2) is 8.48. The number of primary amides is 1. The molecule has 1 unspecified atom stereocenters. The second-order valence-electron chi connectivity index (χ2n) is 5.62. The van der Waals surface area contributed by atoms with Gasteiger partial charge in [-0.2, -0.15) is 0 Å². The third-order valence-corrected chi connectivity index (χ3v) is 2.53. The van der Waals surface area contributed by atoms with Crippen molar-refractivity contribution in [2.45, 2.75) is 53.0 Å². The zero-order valence-corrected chi connectivity index (χ0v) is 11.7. The maximum atomic E-state index is 11.1. The number of nitrogens with one attached hydrogen (secondary N) is 1. The van der Waals surface area contributed by atoms with Gasteiger partial charge in [0.25, 0.3) is 0 Å². The highest BCUT2D eigenvalue weighted by atomic mass is 16.5. The zero-order chi connectivity index (χ0) is 13.3. The number of amides is 1. The number of hydrogen-bond donors (Lipinski definition) is 2. The highest BCUT2D eigenvalue weighted by Gasteiger charge is 2.14. The molecule has 4 heteroatoms. The highest BCUT2D eigenvalue weighted by Crippen LogP contribution is 2.17. The summed E-state index contributed by atoms with van der Waals surface area (Å²) in [5, 5.41) is 3.12. The lowest BCUT2D eigenvalue weighted by Gasteiger charge is -2.19. The molecule has 4 nitrogen and oxygen atoms in total. The van der Waals surface area contributed by atoms with Gasteiger partial charge in [-0.15, -0.1) is 0 Å². The average Bonchev–Trinajstić information content (AvgIpc) is 2.20. The Bertz CT molecular complexity index is 212. The van der Waals surface area contributed by atoms with Crippen LogP contribution in [0.4, 0.5) is 0 Å². The molecule has 0 spiro atoms. The first kappa shape index (κ1) is 16.4. The van der Waals surface area contributed by atoms with E-state index in [0.29, 0.717) is 18.4 Å². The van der Waals surface area contributed by atoms with Crippen molar-refractivity contribution in [1.29, 1.82) is 0 Å². The molecule has 0 radical (unpaired) electrons. The van der Waals surface area contributed by atoms with Crippen molar-refractivity contribution in [3.8, 4) is 0 Å². The van der Waals surface area contributed by atoms with E-state index in [0.717, 1.165) is 26.0 Å². The van der Waals surface area contributed by atoms with Crippen LogP contribution in [0.1, 0.15) is 47.0 Å². The monoisotopic (exact) mass is 244 g/mol. The average molecular weight is 244 g/mol. The third-order valence-electron chi connectivity index (χ3n) is 2.53. The molecule has 0 aromatic carbocycles. The van der Waals surface area contributed by atoms with Gasteiger partial charge in [-0.1, -0.05) is 27.7 Å². The Hall–Kier alpha value is -0.610. The van der Waals surface area contributed by atoms with E-state index in [2.05, 4.69) is 33.0 Å². The van der Waals surface area contributed by atoms with Crippen LogP contribution < -0.4 is 11.1 Å². The standard InChI is InChI=1S/C13H28N2O2/c1-5-8-15-11(12(14)16)6-9-17-10-7-13(2,3)4/h11,15H,5-10H2,1-4H3,(H2,14,16). The third kappa shape index (κ3) is 10.3. The molecular formula is C13H28N2O2. The molecule has 0 saturated carbocycles. The van der Waals surface area contributed by atoms with E-state index in [4.69, 9.17) is 10.5 Å². The molecule has 0 heterocycles. The van der Waals surface area contributed by atoms with Gasteiger partial charge in [0.1, 0.15) is 0 Å². The smallest absolute Gasteiger partial charge is 0.234 e. The minimum absolute atomic E-state index is 0.260. The number of carbonyl (C=O) groups excluding carboxylic acids is 1. The first-order valence-corrected chi connectivity index (χ1v) is 6.47. The Labute approximate surface area is 105 Å². The van der Waals surface area contributed by atoms with Gasteiger partial charge in [-0.05, 0) is 31.2 Å². The Kier molecular flexibility index (Phi) is 8.17. The fourth-order valence-corrected chi connectivity index (χ4v) is 1.35. The van der Waals surface area contributed by atoms with E-state index < -0.39 is 0 Å². The van der Waals surface area contributed by atoms with Gasteiger partial charge in [0.2, 0.25) is 5.91 Å². The Balaban J connectivity index is 3.65. The zero-order valence-electron chi connectivity index (χ0n) is 11.7. The van der Waals surface area contributed by atoms with E-state index in [1.807, 2.05) is 0 Å². The van der Waals surface area contributed by atoms with Gasteiger partial charge >= 0.3 is 0 Å². The number of nitrogens with two attached hydrogens (primary N) is 1. The molecule has 0 aromatic heterocycles. The Morgan fingerprint density at radius 2 is 2.00 bits per heavy atom. The lowest BCUT2D eigenvalue weighted by molar-refractivity contribution is -0.120. The van der Waals surface area contributed by atoms with Gasteiger partial charge in [0.05, 0.1) is 6.04 Å². The Morgan fingerprint density at radius 1 is 1.35 bits per heavy atom. The largest absolute Gasteiger partial charge is 0.381 e. The number of rotatable bonds is 9. The van der Waals surface area contributed by atoms with Crippen LogP contribution in [-0.4, -0.2) is 31.7 Å². The van der Waals surface area contributed by atoms with Crippen molar-refractivity contribution in [3.63, 3.8) is 0 Å². The highest BCUT2D eigenvalue weighted by molar-refractivity contribution is 5.79. The predicted molar refractivity (Wildman–Crippen MR) is 70.8 cm³/mol. The molecule has 0 fully saturated rings. The van der Waals surface area contributed by atoms with Gasteiger partial charge in [-0.3, -0.25) is 4.79 Å². The molecular weight excluding hydrogens is 216 g/mol. The SMILES string of the molecule is CCCNC(CCOCCC(C)(C)C)C(N)=O. The number of ether oxygens (including phenoxy) is 1. The van der Waals surface area contributed by atoms with Gasteiger partial charge in [-0.25, -0.2) is 0 Å². The normalized spacial score (nSPS) is 13.6. The van der Waals surface area contributed by atoms with Crippen molar-refractivity contribution in [2.24, 2.45) is 11.1 Å². The van der Waals surface area contributed by atoms with Crippen molar-refractivity contribution in [3.05, 3.63) is 0 Å². The first-order valence-electron chi connectivity index (χ1n) is 6.47. The van der Waals surface area contributed by atoms with Crippen LogP contribution in [0.5, 0.6) is 0 Å². The van der Waals surface area contributed by atoms with Crippen LogP contribution in [0.25, 0.3) is 0 Å². The number of carbonyl (C=O) groups is 1. The molecule has 0 aliphatic carbocycles. The summed E-state index contributed by atoms with van der Waals surface area (Å²) < 4.78 is 5.52. The lowest BCUT2D eigenvalue weighted by Crippen LogP contribution is -2.42. The van der Waals surface area contributed by atoms with Crippen LogP contribution in [0, 0.1) is 5.41 Å². The summed E-state index contributed by atoms with van der Waals surface area (Å²) in [7, 11) is 0. The van der Waals surface area contributed by atoms with Gasteiger partial charge in [0.15, 0.2) is 0 Å². The maximum absolute atomic E-state index is 11.1. The second-order valence-corrected chi connectivity index (χ2v) is 5.62. The summed E-state index contributed by atoms with van der Waals surface area (Å²) >= 11 is 0. The van der Waals surface area contributed by atoms with Gasteiger partial charge < -0.3 is 15.8 Å². The summed E-state index contributed by atoms with van der Waals surface area (Å²) in [6.07, 6.45) is 2.67. The van der Waals surface area contributed by atoms with Crippen LogP contribution >= 0.6 is 0 Å². The maximum Gasteiger partial charge on any atom is 0.234 e. The van der Waals surface area contributed by atoms with Crippen molar-refractivity contribution in [1.82, 2.24) is 5.32 Å². The minimum Gasteiger partial charge on any atom is -0.381 e. The van der Waals surface area contributed by atoms with Crippen LogP contribution in [0.3, 0.4) is 0 Å². The molecule has 0 rings (SSSR count). The predicted octanol–water partition coefficient (Wildman–Crippen LogP) is 1.68. The summed E-state index contributed by atoms with van der Waals surface area (Å²) in [6.45, 7) is 10.8. The van der Waals surface area contributed by atoms with E-state index in [1.165, 1.54) is 0 Å². The molecule has 0 saturated heterocycles. The minimum atomic E-state index is -0.294. The quantitative estimate of drug-likeness (QED) is 0.607. The topological polar surface area (TPSA) is 64.3 Å². The summed E-state index contributed by atoms with van der Waals surface area (Å²) in [6, 6.07) is -0.260. The van der Waals surface area contributed by atoms with Crippen molar-refractivity contribution in [2.75, 3.05) is 19.8 Å². The lowest BCUT2D eigenvalue weighted by atomic mass is 9.93. The molecule has 1 atom stereocenters. The molecule has 0 aliphatic heterocycles. The fourth-order valence-electron chi connectivity index (χ4n) is 1.35. The van der Waals surface area contributed by atoms with Crippen molar-refractivity contribution >= 4 is 5.91 Å².